The van der Waals surface area contributed by atoms with Gasteiger partial charge in [0.05, 0.1) is 25.2 Å². The highest BCUT2D eigenvalue weighted by Crippen LogP contribution is 2.34. The fourth-order valence-electron chi connectivity index (χ4n) is 2.44. The molecule has 2 heterocycles. The summed E-state index contributed by atoms with van der Waals surface area (Å²) in [6, 6.07) is 0. The molecular weight excluding hydrogens is 238 g/mol. The van der Waals surface area contributed by atoms with E-state index in [0.717, 1.165) is 0 Å². The highest BCUT2D eigenvalue weighted by Gasteiger charge is 2.48. The lowest BCUT2D eigenvalue weighted by Gasteiger charge is -2.25. The van der Waals surface area contributed by atoms with E-state index in [0.29, 0.717) is 13.1 Å². The summed E-state index contributed by atoms with van der Waals surface area (Å²) in [4.78, 5) is 24.4. The van der Waals surface area contributed by atoms with Crippen LogP contribution in [-0.4, -0.2) is 53.5 Å². The molecule has 2 saturated heterocycles. The number of carboxylic acids is 1. The van der Waals surface area contributed by atoms with E-state index in [1.54, 1.807) is 20.8 Å². The number of carboxylic acid groups (broad SMARTS) is 1. The number of aliphatic carboxylic acids is 1. The number of ether oxygens (including phenoxy) is 2. The van der Waals surface area contributed by atoms with Crippen LogP contribution in [0.2, 0.25) is 0 Å². The SMILES string of the molecule is CC(C)(C)OC(=O)N1C[C@H]2[C@@H](C(=O)O)CO[C@@H]2C1. The van der Waals surface area contributed by atoms with E-state index in [1.807, 2.05) is 0 Å². The molecule has 2 rings (SSSR count). The molecule has 0 unspecified atom stereocenters. The Morgan fingerprint density at radius 3 is 2.56 bits per heavy atom. The molecule has 0 saturated carbocycles. The number of amides is 1. The molecule has 0 aromatic rings. The number of hydrogen-bond acceptors (Lipinski definition) is 4. The van der Waals surface area contributed by atoms with Crippen molar-refractivity contribution in [1.29, 1.82) is 0 Å². The average Bonchev–Trinajstić information content (AvgIpc) is 2.70. The van der Waals surface area contributed by atoms with Crippen LogP contribution in [0.4, 0.5) is 4.79 Å². The normalized spacial score (nSPS) is 31.3. The van der Waals surface area contributed by atoms with Gasteiger partial charge in [-0.1, -0.05) is 0 Å². The van der Waals surface area contributed by atoms with E-state index in [-0.39, 0.29) is 18.6 Å². The second kappa shape index (κ2) is 4.42. The van der Waals surface area contributed by atoms with Crippen LogP contribution < -0.4 is 0 Å². The lowest BCUT2D eigenvalue weighted by Crippen LogP contribution is -2.37. The van der Waals surface area contributed by atoms with Crippen molar-refractivity contribution in [2.45, 2.75) is 32.5 Å². The third kappa shape index (κ3) is 2.58. The quantitative estimate of drug-likeness (QED) is 0.757. The summed E-state index contributed by atoms with van der Waals surface area (Å²) in [6.45, 7) is 6.47. The van der Waals surface area contributed by atoms with Crippen molar-refractivity contribution in [2.24, 2.45) is 11.8 Å². The molecule has 2 aliphatic heterocycles. The molecule has 1 N–H and O–H groups in total. The number of rotatable bonds is 1. The molecule has 0 spiro atoms. The summed E-state index contributed by atoms with van der Waals surface area (Å²) in [5.41, 5.74) is -0.540. The van der Waals surface area contributed by atoms with Gasteiger partial charge >= 0.3 is 12.1 Å². The fraction of sp³-hybridized carbons (Fsp3) is 0.833. The Balaban J connectivity index is 1.97. The van der Waals surface area contributed by atoms with Crippen molar-refractivity contribution in [2.75, 3.05) is 19.7 Å². The van der Waals surface area contributed by atoms with Crippen LogP contribution in [0, 0.1) is 11.8 Å². The van der Waals surface area contributed by atoms with Crippen LogP contribution in [0.15, 0.2) is 0 Å². The van der Waals surface area contributed by atoms with Gasteiger partial charge < -0.3 is 19.5 Å². The molecule has 2 aliphatic rings. The lowest BCUT2D eigenvalue weighted by molar-refractivity contribution is -0.142. The first kappa shape index (κ1) is 13.1. The summed E-state index contributed by atoms with van der Waals surface area (Å²) in [5, 5.41) is 9.06. The first-order chi connectivity index (χ1) is 8.28. The Morgan fingerprint density at radius 2 is 2.00 bits per heavy atom. The summed E-state index contributed by atoms with van der Waals surface area (Å²) < 4.78 is 10.7. The van der Waals surface area contributed by atoms with Gasteiger partial charge in [0.25, 0.3) is 0 Å². The van der Waals surface area contributed by atoms with Crippen molar-refractivity contribution in [3.63, 3.8) is 0 Å². The minimum atomic E-state index is -0.853. The first-order valence-corrected chi connectivity index (χ1v) is 6.10. The standard InChI is InChI=1S/C12H19NO5/c1-12(2,3)18-11(16)13-4-7-8(10(14)15)6-17-9(7)5-13/h7-9H,4-6H2,1-3H3,(H,14,15)/t7-,8-,9+/m0/s1. The highest BCUT2D eigenvalue weighted by atomic mass is 16.6. The van der Waals surface area contributed by atoms with Crippen LogP contribution in [0.3, 0.4) is 0 Å². The number of fused-ring (bicyclic) bond motifs is 1. The van der Waals surface area contributed by atoms with Crippen molar-refractivity contribution in [1.82, 2.24) is 4.90 Å². The van der Waals surface area contributed by atoms with Gasteiger partial charge in [-0.25, -0.2) is 4.79 Å². The zero-order valence-electron chi connectivity index (χ0n) is 10.9. The minimum Gasteiger partial charge on any atom is -0.481 e. The molecule has 0 aromatic heterocycles. The van der Waals surface area contributed by atoms with Gasteiger partial charge in [0.1, 0.15) is 5.60 Å². The predicted molar refractivity (Wildman–Crippen MR) is 62.2 cm³/mol. The molecule has 0 aliphatic carbocycles. The fourth-order valence-corrected chi connectivity index (χ4v) is 2.44. The molecule has 0 radical (unpaired) electrons. The Kier molecular flexibility index (Phi) is 3.23. The molecular formula is C12H19NO5. The summed E-state index contributed by atoms with van der Waals surface area (Å²) in [7, 11) is 0. The maximum Gasteiger partial charge on any atom is 0.410 e. The predicted octanol–water partition coefficient (Wildman–Crippen LogP) is 0.953. The Labute approximate surface area is 106 Å². The van der Waals surface area contributed by atoms with E-state index >= 15 is 0 Å². The van der Waals surface area contributed by atoms with Crippen LogP contribution in [-0.2, 0) is 14.3 Å². The molecule has 102 valence electrons. The minimum absolute atomic E-state index is 0.116. The van der Waals surface area contributed by atoms with Gasteiger partial charge in [0.15, 0.2) is 0 Å². The van der Waals surface area contributed by atoms with E-state index in [2.05, 4.69) is 0 Å². The molecule has 0 aromatic carbocycles. The van der Waals surface area contributed by atoms with Crippen molar-refractivity contribution >= 4 is 12.1 Å². The average molecular weight is 257 g/mol. The second-order valence-corrected chi connectivity index (χ2v) is 5.87. The summed E-state index contributed by atoms with van der Waals surface area (Å²) >= 11 is 0. The number of hydrogen-bond donors (Lipinski definition) is 1. The van der Waals surface area contributed by atoms with Gasteiger partial charge in [-0.2, -0.15) is 0 Å². The van der Waals surface area contributed by atoms with E-state index in [4.69, 9.17) is 14.6 Å². The third-order valence-electron chi connectivity index (χ3n) is 3.28. The largest absolute Gasteiger partial charge is 0.481 e. The van der Waals surface area contributed by atoms with E-state index in [1.165, 1.54) is 4.90 Å². The molecule has 2 fully saturated rings. The zero-order chi connectivity index (χ0) is 13.5. The number of carbonyl (C=O) groups excluding carboxylic acids is 1. The van der Waals surface area contributed by atoms with Crippen molar-refractivity contribution in [3.05, 3.63) is 0 Å². The Morgan fingerprint density at radius 1 is 1.33 bits per heavy atom. The molecule has 3 atom stereocenters. The monoisotopic (exact) mass is 257 g/mol. The zero-order valence-corrected chi connectivity index (χ0v) is 10.9. The first-order valence-electron chi connectivity index (χ1n) is 6.10. The number of nitrogens with zero attached hydrogens (tertiary/aromatic N) is 1. The van der Waals surface area contributed by atoms with Gasteiger partial charge in [0, 0.05) is 12.5 Å². The maximum atomic E-state index is 11.9. The van der Waals surface area contributed by atoms with E-state index in [9.17, 15) is 9.59 Å². The second-order valence-electron chi connectivity index (χ2n) is 5.87. The van der Waals surface area contributed by atoms with Crippen molar-refractivity contribution in [3.8, 4) is 0 Å². The maximum absolute atomic E-state index is 11.9. The van der Waals surface area contributed by atoms with Crippen LogP contribution in [0.5, 0.6) is 0 Å². The van der Waals surface area contributed by atoms with Crippen LogP contribution in [0.25, 0.3) is 0 Å². The van der Waals surface area contributed by atoms with Crippen LogP contribution in [0.1, 0.15) is 20.8 Å². The number of carbonyl (C=O) groups is 2. The van der Waals surface area contributed by atoms with E-state index < -0.39 is 23.6 Å². The lowest BCUT2D eigenvalue weighted by atomic mass is 9.93. The topological polar surface area (TPSA) is 76.1 Å². The highest BCUT2D eigenvalue weighted by molar-refractivity contribution is 5.72. The Bertz CT molecular complexity index is 362. The smallest absolute Gasteiger partial charge is 0.410 e. The molecule has 18 heavy (non-hydrogen) atoms. The van der Waals surface area contributed by atoms with Gasteiger partial charge in [0.2, 0.25) is 0 Å². The molecule has 0 bridgehead atoms. The van der Waals surface area contributed by atoms with Gasteiger partial charge in [-0.3, -0.25) is 4.79 Å². The summed E-state index contributed by atoms with van der Waals surface area (Å²) in [6.07, 6.45) is -0.566. The Hall–Kier alpha value is -1.30. The third-order valence-corrected chi connectivity index (χ3v) is 3.28. The molecule has 6 heteroatoms. The molecule has 1 amide bonds. The van der Waals surface area contributed by atoms with Crippen molar-refractivity contribution < 1.29 is 24.2 Å². The van der Waals surface area contributed by atoms with Crippen LogP contribution >= 0.6 is 0 Å². The van der Waals surface area contributed by atoms with Gasteiger partial charge in [-0.15, -0.1) is 0 Å². The number of likely N-dealkylation sites (tertiary alicyclic amines) is 1. The summed E-state index contributed by atoms with van der Waals surface area (Å²) in [5.74, 6) is -1.48. The van der Waals surface area contributed by atoms with Gasteiger partial charge in [-0.05, 0) is 20.8 Å². The molecule has 6 nitrogen and oxygen atoms in total.